The number of cyclic esters (lactones) is 1. The number of nitrogens with zero attached hydrogens (tertiary/aromatic N) is 1. The van der Waals surface area contributed by atoms with E-state index >= 15 is 0 Å². The second-order valence-corrected chi connectivity index (χ2v) is 20.1. The van der Waals surface area contributed by atoms with Crippen molar-refractivity contribution in [2.24, 2.45) is 41.4 Å². The number of hydrogen-bond donors (Lipinski definition) is 3. The summed E-state index contributed by atoms with van der Waals surface area (Å²) in [6.07, 6.45) is 13.0. The van der Waals surface area contributed by atoms with Gasteiger partial charge in [-0.3, -0.25) is 19.2 Å². The molecule has 0 aromatic heterocycles. The number of carbonyl (C=O) groups excluding carboxylic acids is 5. The number of carbonyl (C=O) groups is 5. The Morgan fingerprint density at radius 2 is 1.57 bits per heavy atom. The maximum atomic E-state index is 14.4. The van der Waals surface area contributed by atoms with Gasteiger partial charge >= 0.3 is 5.97 Å². The van der Waals surface area contributed by atoms with E-state index in [4.69, 9.17) is 18.9 Å². The Labute approximate surface area is 388 Å². The first-order chi connectivity index (χ1) is 30.7. The maximum absolute atomic E-state index is 14.4. The van der Waals surface area contributed by atoms with Crippen molar-refractivity contribution in [2.75, 3.05) is 27.9 Å². The van der Waals surface area contributed by atoms with Crippen LogP contribution in [-0.2, 0) is 42.9 Å². The lowest BCUT2D eigenvalue weighted by atomic mass is 9.67. The highest BCUT2D eigenvalue weighted by molar-refractivity contribution is 6.39. The summed E-state index contributed by atoms with van der Waals surface area (Å²) >= 11 is 0. The monoisotopic (exact) mass is 912 g/mol. The number of rotatable bonds is 6. The van der Waals surface area contributed by atoms with E-state index in [0.717, 1.165) is 18.4 Å². The van der Waals surface area contributed by atoms with Gasteiger partial charge in [0.05, 0.1) is 18.3 Å². The first kappa shape index (κ1) is 54.3. The molecule has 3 N–H and O–H groups in total. The smallest absolute Gasteiger partial charge is 0.329 e. The lowest BCUT2D eigenvalue weighted by Crippen LogP contribution is -2.59. The molecule has 2 bridgehead atoms. The molecule has 0 radical (unpaired) electrons. The SMILES string of the molecule is CO[C@H]1C[C@@H]2CC[C@@H](C)[C@@](O)(C2)C(=O)C(=O)N2CCCC[C@H]2C(=O)OC([C@H](C)CC2CC[C@@H](O)[C@H](OC)C2)CC(=O)[C@H](C)/C=C(\C)C(O)[C@@H](OC)C(=O)[C@H](C)C[C@H](C)/C=C/C=C/C=C/1C. The van der Waals surface area contributed by atoms with Gasteiger partial charge in [-0.1, -0.05) is 71.1 Å². The van der Waals surface area contributed by atoms with E-state index in [2.05, 4.69) is 0 Å². The summed E-state index contributed by atoms with van der Waals surface area (Å²) in [6.45, 7) is 13.0. The van der Waals surface area contributed by atoms with Crippen molar-refractivity contribution in [3.63, 3.8) is 0 Å². The lowest BCUT2D eigenvalue weighted by Gasteiger charge is -2.43. The number of piperidine rings is 1. The molecule has 0 aromatic rings. The zero-order chi connectivity index (χ0) is 48.2. The first-order valence-electron chi connectivity index (χ1n) is 24.2. The molecule has 0 spiro atoms. The average Bonchev–Trinajstić information content (AvgIpc) is 3.28. The van der Waals surface area contributed by atoms with Gasteiger partial charge in [-0.2, -0.15) is 0 Å². The number of Topliss-reactive ketones (excluding diaryl/α,β-unsaturated/α-hetero) is 3. The van der Waals surface area contributed by atoms with E-state index in [-0.39, 0.29) is 73.3 Å². The molecule has 2 aliphatic carbocycles. The van der Waals surface area contributed by atoms with Crippen LogP contribution in [0.25, 0.3) is 0 Å². The Morgan fingerprint density at radius 1 is 0.846 bits per heavy atom. The largest absolute Gasteiger partial charge is 0.460 e. The van der Waals surface area contributed by atoms with Gasteiger partial charge in [0.2, 0.25) is 0 Å². The topological polar surface area (TPSA) is 186 Å². The van der Waals surface area contributed by atoms with E-state index < -0.39 is 71.5 Å². The van der Waals surface area contributed by atoms with E-state index in [9.17, 15) is 39.3 Å². The zero-order valence-corrected chi connectivity index (χ0v) is 40.9. The predicted molar refractivity (Wildman–Crippen MR) is 248 cm³/mol. The van der Waals surface area contributed by atoms with Gasteiger partial charge in [0, 0.05) is 46.1 Å². The minimum Gasteiger partial charge on any atom is -0.460 e. The average molecular weight is 912 g/mol. The van der Waals surface area contributed by atoms with Crippen LogP contribution in [0.2, 0.25) is 0 Å². The Kier molecular flexibility index (Phi) is 21.0. The van der Waals surface area contributed by atoms with Gasteiger partial charge in [-0.25, -0.2) is 4.79 Å². The van der Waals surface area contributed by atoms with Crippen molar-refractivity contribution < 1.29 is 58.2 Å². The molecule has 3 fully saturated rings. The summed E-state index contributed by atoms with van der Waals surface area (Å²) in [5.41, 5.74) is -0.571. The molecular weight excluding hydrogens is 831 g/mol. The molecule has 15 atom stereocenters. The normalized spacial score (nSPS) is 40.4. The quantitative estimate of drug-likeness (QED) is 0.143. The summed E-state index contributed by atoms with van der Waals surface area (Å²) in [6, 6.07) is -1.08. The highest BCUT2D eigenvalue weighted by Crippen LogP contribution is 2.41. The van der Waals surface area contributed by atoms with Crippen LogP contribution >= 0.6 is 0 Å². The van der Waals surface area contributed by atoms with E-state index in [0.29, 0.717) is 56.9 Å². The van der Waals surface area contributed by atoms with Crippen molar-refractivity contribution in [3.8, 4) is 0 Å². The van der Waals surface area contributed by atoms with Crippen LogP contribution < -0.4 is 0 Å². The number of ketones is 3. The third kappa shape index (κ3) is 14.3. The molecule has 3 unspecified atom stereocenters. The fourth-order valence-corrected chi connectivity index (χ4v) is 10.7. The van der Waals surface area contributed by atoms with Crippen molar-refractivity contribution >= 4 is 29.2 Å². The summed E-state index contributed by atoms with van der Waals surface area (Å²) in [4.78, 5) is 72.1. The number of esters is 1. The second kappa shape index (κ2) is 25.2. The molecule has 13 heteroatoms. The number of allylic oxidation sites excluding steroid dienone is 6. The molecule has 1 amide bonds. The van der Waals surface area contributed by atoms with E-state index in [1.165, 1.54) is 12.0 Å². The highest BCUT2D eigenvalue weighted by atomic mass is 16.5. The third-order valence-electron chi connectivity index (χ3n) is 15.1. The minimum atomic E-state index is -1.93. The van der Waals surface area contributed by atoms with Crippen molar-refractivity contribution in [1.82, 2.24) is 4.90 Å². The van der Waals surface area contributed by atoms with Crippen LogP contribution in [0.1, 0.15) is 132 Å². The molecule has 4 rings (SSSR count). The van der Waals surface area contributed by atoms with Crippen molar-refractivity contribution in [1.29, 1.82) is 0 Å². The first-order valence-corrected chi connectivity index (χ1v) is 24.2. The highest BCUT2D eigenvalue weighted by Gasteiger charge is 2.51. The maximum Gasteiger partial charge on any atom is 0.329 e. The number of aliphatic hydroxyl groups excluding tert-OH is 2. The Morgan fingerprint density at radius 3 is 2.25 bits per heavy atom. The number of aliphatic hydroxyl groups is 3. The number of ether oxygens (including phenoxy) is 4. The Hall–Kier alpha value is -3.33. The summed E-state index contributed by atoms with van der Waals surface area (Å²) in [7, 11) is 4.59. The third-order valence-corrected chi connectivity index (χ3v) is 15.1. The fraction of sp³-hybridized carbons (Fsp3) is 0.750. The van der Waals surface area contributed by atoms with Gasteiger partial charge in [0.15, 0.2) is 5.78 Å². The molecule has 4 aliphatic rings. The number of methoxy groups -OCH3 is 3. The van der Waals surface area contributed by atoms with Crippen LogP contribution in [0.4, 0.5) is 0 Å². The second-order valence-electron chi connectivity index (χ2n) is 20.1. The molecule has 2 saturated carbocycles. The molecule has 2 heterocycles. The number of fused-ring (bicyclic) bond motifs is 3. The summed E-state index contributed by atoms with van der Waals surface area (Å²) in [5.74, 6) is -4.93. The van der Waals surface area contributed by atoms with Gasteiger partial charge < -0.3 is 39.2 Å². The van der Waals surface area contributed by atoms with Crippen LogP contribution in [0, 0.1) is 41.4 Å². The van der Waals surface area contributed by atoms with Gasteiger partial charge in [0.1, 0.15) is 35.7 Å². The molecule has 366 valence electrons. The Balaban J connectivity index is 1.70. The van der Waals surface area contributed by atoms with E-state index in [1.807, 2.05) is 58.1 Å². The van der Waals surface area contributed by atoms with E-state index in [1.54, 1.807) is 41.1 Å². The van der Waals surface area contributed by atoms with Crippen LogP contribution in [0.3, 0.4) is 0 Å². The molecule has 2 aliphatic heterocycles. The molecule has 13 nitrogen and oxygen atoms in total. The lowest BCUT2D eigenvalue weighted by molar-refractivity contribution is -0.171. The Bertz CT molecular complexity index is 1750. The standard InChI is InChI=1S/C52H81NO12/c1-31-16-12-11-13-17-32(2)43(62-8)28-39-20-19-37(7)52(61,30-39)49(58)50(59)53-23-15-14-18-40(53)51(60)65-44(34(4)26-38-21-22-41(54)45(27-38)63-9)29-42(55)33(3)25-36(6)47(57)48(64-10)46(56)35(5)24-31/h11-13,16-17,25,31,33-35,37-41,43-45,47-48,54,57,61H,14-15,18-24,26-30H2,1-10H3/b13-11+,16-12+,32-17+,36-25+/t31-,33-,34-,35-,37-,38?,39+,40+,41-,43+,44?,45-,47?,48+,52+/m1/s1. The molecule has 65 heavy (non-hydrogen) atoms. The summed E-state index contributed by atoms with van der Waals surface area (Å²) in [5, 5.41) is 34.1. The molecule has 1 saturated heterocycles. The zero-order valence-electron chi connectivity index (χ0n) is 40.9. The number of hydrogen-bond acceptors (Lipinski definition) is 12. The van der Waals surface area contributed by atoms with Crippen molar-refractivity contribution in [2.45, 2.75) is 180 Å². The van der Waals surface area contributed by atoms with Gasteiger partial charge in [-0.05, 0) is 132 Å². The fourth-order valence-electron chi connectivity index (χ4n) is 10.7. The van der Waals surface area contributed by atoms with Crippen LogP contribution in [-0.4, -0.2) is 126 Å². The predicted octanol–water partition coefficient (Wildman–Crippen LogP) is 6.84. The number of amides is 1. The van der Waals surface area contributed by atoms with Crippen LogP contribution in [0.15, 0.2) is 47.6 Å². The minimum absolute atomic E-state index is 0.0358. The molecule has 0 aromatic carbocycles. The summed E-state index contributed by atoms with van der Waals surface area (Å²) < 4.78 is 23.3. The van der Waals surface area contributed by atoms with Gasteiger partial charge in [-0.15, -0.1) is 0 Å². The van der Waals surface area contributed by atoms with Gasteiger partial charge in [0.25, 0.3) is 11.7 Å². The van der Waals surface area contributed by atoms with Crippen molar-refractivity contribution in [3.05, 3.63) is 47.6 Å². The van der Waals surface area contributed by atoms with Crippen LogP contribution in [0.5, 0.6) is 0 Å². The molecular formula is C52H81NO12.